The van der Waals surface area contributed by atoms with Gasteiger partial charge < -0.3 is 0 Å². The van der Waals surface area contributed by atoms with E-state index < -0.39 is 10.1 Å². The molecule has 1 aromatic heterocycles. The number of hydrogen-bond acceptors (Lipinski definition) is 3. The van der Waals surface area contributed by atoms with Crippen LogP contribution in [0.15, 0.2) is 29.4 Å². The molecule has 0 N–H and O–H groups in total. The number of hydrogen-bond donors (Lipinski definition) is 0. The topological polar surface area (TPSA) is 66.9 Å². The monoisotopic (exact) mass is 158 g/mol. The van der Waals surface area contributed by atoms with Crippen LogP contribution in [0.5, 0.6) is 0 Å². The lowest BCUT2D eigenvalue weighted by Crippen LogP contribution is -1.94. The Morgan fingerprint density at radius 1 is 1.20 bits per heavy atom. The number of nitrogens with zero attached hydrogens (tertiary/aromatic N) is 1. The summed E-state index contributed by atoms with van der Waals surface area (Å²) in [4.78, 5) is 3.31. The van der Waals surface area contributed by atoms with Crippen LogP contribution in [0.4, 0.5) is 0 Å². The first-order valence-electron chi connectivity index (χ1n) is 2.46. The molecule has 1 aromatic rings. The molecule has 0 aromatic carbocycles. The molecule has 0 unspecified atom stereocenters. The SMILES string of the molecule is [O]S(=O)(=O)c1ccncc1. The largest absolute Gasteiger partial charge is 0.324 e. The predicted molar refractivity (Wildman–Crippen MR) is 32.1 cm³/mol. The van der Waals surface area contributed by atoms with E-state index in [9.17, 15) is 13.0 Å². The Balaban J connectivity index is 3.22. The summed E-state index contributed by atoms with van der Waals surface area (Å²) in [6.45, 7) is 0. The van der Waals surface area contributed by atoms with Crippen molar-refractivity contribution in [3.05, 3.63) is 24.5 Å². The van der Waals surface area contributed by atoms with Crippen LogP contribution in [-0.4, -0.2) is 13.4 Å². The molecular formula is C5H4NO3S. The normalized spacial score (nSPS) is 11.3. The van der Waals surface area contributed by atoms with Crippen molar-refractivity contribution in [1.29, 1.82) is 0 Å². The molecule has 1 rings (SSSR count). The van der Waals surface area contributed by atoms with Crippen LogP contribution in [0.25, 0.3) is 0 Å². The first-order valence-corrected chi connectivity index (χ1v) is 3.87. The van der Waals surface area contributed by atoms with Gasteiger partial charge in [-0.3, -0.25) is 4.98 Å². The van der Waals surface area contributed by atoms with E-state index in [0.717, 1.165) is 12.1 Å². The van der Waals surface area contributed by atoms with Crippen LogP contribution in [0.3, 0.4) is 0 Å². The summed E-state index contributed by atoms with van der Waals surface area (Å²) in [6.07, 6.45) is 2.51. The summed E-state index contributed by atoms with van der Waals surface area (Å²) in [5.74, 6) is 0. The maximum absolute atomic E-state index is 10.2. The van der Waals surface area contributed by atoms with Gasteiger partial charge in [0.1, 0.15) is 0 Å². The van der Waals surface area contributed by atoms with E-state index in [2.05, 4.69) is 4.98 Å². The highest BCUT2D eigenvalue weighted by Gasteiger charge is 2.08. The lowest BCUT2D eigenvalue weighted by molar-refractivity contribution is 0.414. The summed E-state index contributed by atoms with van der Waals surface area (Å²) in [7, 11) is -4.29. The highest BCUT2D eigenvalue weighted by molar-refractivity contribution is 7.85. The van der Waals surface area contributed by atoms with E-state index in [1.807, 2.05) is 0 Å². The average Bonchev–Trinajstić information content (AvgIpc) is 1.88. The standard InChI is InChI=1S/C5H4NO3S/c7-10(8,9)5-1-3-6-4-2-5/h1-4H. The number of aromatic nitrogens is 1. The van der Waals surface area contributed by atoms with Gasteiger partial charge in [0.25, 0.3) is 0 Å². The Labute approximate surface area is 58.3 Å². The highest BCUT2D eigenvalue weighted by Crippen LogP contribution is 2.04. The molecular weight excluding hydrogens is 154 g/mol. The zero-order valence-corrected chi connectivity index (χ0v) is 5.71. The van der Waals surface area contributed by atoms with Crippen LogP contribution in [0.1, 0.15) is 0 Å². The molecule has 0 aliphatic carbocycles. The molecule has 1 heterocycles. The van der Waals surface area contributed by atoms with Crippen LogP contribution in [-0.2, 0) is 14.7 Å². The molecule has 0 aliphatic heterocycles. The molecule has 5 heteroatoms. The zero-order chi connectivity index (χ0) is 7.61. The van der Waals surface area contributed by atoms with Crippen molar-refractivity contribution in [2.75, 3.05) is 0 Å². The van der Waals surface area contributed by atoms with Gasteiger partial charge in [0, 0.05) is 12.4 Å². The summed E-state index contributed by atoms with van der Waals surface area (Å²) >= 11 is 0. The van der Waals surface area contributed by atoms with Gasteiger partial charge in [0.2, 0.25) is 0 Å². The quantitative estimate of drug-likeness (QED) is 0.586. The van der Waals surface area contributed by atoms with Gasteiger partial charge in [-0.1, -0.05) is 4.55 Å². The first-order chi connectivity index (χ1) is 4.61. The van der Waals surface area contributed by atoms with E-state index in [4.69, 9.17) is 0 Å². The van der Waals surface area contributed by atoms with Crippen molar-refractivity contribution in [3.63, 3.8) is 0 Å². The third kappa shape index (κ3) is 1.52. The number of pyridine rings is 1. The van der Waals surface area contributed by atoms with Gasteiger partial charge in [-0.2, -0.15) is 8.42 Å². The van der Waals surface area contributed by atoms with Crippen LogP contribution in [0, 0.1) is 0 Å². The van der Waals surface area contributed by atoms with Crippen molar-refractivity contribution in [1.82, 2.24) is 4.98 Å². The third-order valence-electron chi connectivity index (χ3n) is 0.938. The highest BCUT2D eigenvalue weighted by atomic mass is 32.2. The summed E-state index contributed by atoms with van der Waals surface area (Å²) < 4.78 is 30.7. The Hall–Kier alpha value is -0.940. The average molecular weight is 158 g/mol. The molecule has 0 aliphatic rings. The lowest BCUT2D eigenvalue weighted by atomic mass is 10.5. The second-order valence-corrected chi connectivity index (χ2v) is 3.02. The summed E-state index contributed by atoms with van der Waals surface area (Å²) in [5, 5.41) is 0. The molecule has 10 heavy (non-hydrogen) atoms. The van der Waals surface area contributed by atoms with Gasteiger partial charge in [-0.25, -0.2) is 0 Å². The Morgan fingerprint density at radius 3 is 2.00 bits per heavy atom. The maximum atomic E-state index is 10.2. The van der Waals surface area contributed by atoms with Gasteiger partial charge in [0.05, 0.1) is 4.90 Å². The van der Waals surface area contributed by atoms with E-state index in [-0.39, 0.29) is 4.90 Å². The second-order valence-electron chi connectivity index (χ2n) is 1.64. The van der Waals surface area contributed by atoms with Crippen LogP contribution in [0.2, 0.25) is 0 Å². The van der Waals surface area contributed by atoms with E-state index >= 15 is 0 Å². The predicted octanol–water partition coefficient (Wildman–Crippen LogP) is 0.201. The smallest absolute Gasteiger partial charge is 0.265 e. The molecule has 0 fully saturated rings. The van der Waals surface area contributed by atoms with Gasteiger partial charge >= 0.3 is 10.1 Å². The molecule has 0 saturated carbocycles. The van der Waals surface area contributed by atoms with Gasteiger partial charge in [-0.15, -0.1) is 0 Å². The minimum atomic E-state index is -4.29. The molecule has 0 amide bonds. The third-order valence-corrected chi connectivity index (χ3v) is 1.79. The first kappa shape index (κ1) is 7.17. The Bertz CT molecular complexity index is 305. The van der Waals surface area contributed by atoms with Crippen molar-refractivity contribution in [2.45, 2.75) is 4.90 Å². The van der Waals surface area contributed by atoms with Gasteiger partial charge in [0.15, 0.2) is 0 Å². The van der Waals surface area contributed by atoms with Gasteiger partial charge in [-0.05, 0) is 12.1 Å². The molecule has 0 atom stereocenters. The van der Waals surface area contributed by atoms with Crippen molar-refractivity contribution in [2.24, 2.45) is 0 Å². The van der Waals surface area contributed by atoms with Crippen molar-refractivity contribution in [3.8, 4) is 0 Å². The molecule has 4 nitrogen and oxygen atoms in total. The number of rotatable bonds is 1. The Kier molecular flexibility index (Phi) is 1.69. The Morgan fingerprint density at radius 2 is 1.70 bits per heavy atom. The maximum Gasteiger partial charge on any atom is 0.324 e. The lowest BCUT2D eigenvalue weighted by Gasteiger charge is -1.89. The molecule has 0 saturated heterocycles. The molecule has 0 bridgehead atoms. The van der Waals surface area contributed by atoms with E-state index in [1.165, 1.54) is 12.4 Å². The van der Waals surface area contributed by atoms with E-state index in [0.29, 0.717) is 0 Å². The molecule has 0 spiro atoms. The minimum absolute atomic E-state index is 0.248. The zero-order valence-electron chi connectivity index (χ0n) is 4.89. The van der Waals surface area contributed by atoms with Crippen molar-refractivity contribution < 1.29 is 13.0 Å². The van der Waals surface area contributed by atoms with Crippen molar-refractivity contribution >= 4 is 10.1 Å². The minimum Gasteiger partial charge on any atom is -0.265 e. The fourth-order valence-electron chi connectivity index (χ4n) is 0.505. The fraction of sp³-hybridized carbons (Fsp3) is 0. The van der Waals surface area contributed by atoms with Crippen LogP contribution >= 0.6 is 0 Å². The molecule has 1 radical (unpaired) electrons. The second kappa shape index (κ2) is 2.36. The summed E-state index contributed by atoms with van der Waals surface area (Å²) in [6, 6.07) is 2.31. The fourth-order valence-corrected chi connectivity index (χ4v) is 0.960. The molecule has 53 valence electrons. The van der Waals surface area contributed by atoms with Crippen LogP contribution < -0.4 is 0 Å². The van der Waals surface area contributed by atoms with E-state index in [1.54, 1.807) is 0 Å². The summed E-state index contributed by atoms with van der Waals surface area (Å²) in [5.41, 5.74) is 0.